The molecule has 16 heavy (non-hydrogen) atoms. The van der Waals surface area contributed by atoms with Gasteiger partial charge in [-0.05, 0) is 46.5 Å². The maximum atomic E-state index is 9.74. The van der Waals surface area contributed by atoms with Crippen LogP contribution >= 0.6 is 15.9 Å². The summed E-state index contributed by atoms with van der Waals surface area (Å²) in [4.78, 5) is 0. The Balaban J connectivity index is 2.45. The fourth-order valence-electron chi connectivity index (χ4n) is 2.31. The maximum Gasteiger partial charge on any atom is 0.172 e. The number of ether oxygens (including phenoxy) is 1. The van der Waals surface area contributed by atoms with Gasteiger partial charge < -0.3 is 15.6 Å². The first kappa shape index (κ1) is 11.7. The molecule has 2 rings (SSSR count). The van der Waals surface area contributed by atoms with E-state index in [1.807, 2.05) is 12.1 Å². The number of benzene rings is 1. The van der Waals surface area contributed by atoms with Crippen molar-refractivity contribution in [1.82, 2.24) is 0 Å². The smallest absolute Gasteiger partial charge is 0.172 e. The Hall–Kier alpha value is -0.740. The highest BCUT2D eigenvalue weighted by atomic mass is 79.9. The Morgan fingerprint density at radius 3 is 2.56 bits per heavy atom. The van der Waals surface area contributed by atoms with Crippen LogP contribution in [0.5, 0.6) is 11.5 Å². The molecule has 0 amide bonds. The number of nitrogens with two attached hydrogens (primary N) is 1. The van der Waals surface area contributed by atoms with Crippen molar-refractivity contribution >= 4 is 15.9 Å². The van der Waals surface area contributed by atoms with E-state index < -0.39 is 0 Å². The van der Waals surface area contributed by atoms with E-state index in [1.165, 1.54) is 0 Å². The average molecular weight is 286 g/mol. The molecular formula is C12H16BrNO2. The van der Waals surface area contributed by atoms with E-state index in [1.54, 1.807) is 7.11 Å². The molecule has 0 spiro atoms. The highest BCUT2D eigenvalue weighted by molar-refractivity contribution is 9.10. The normalized spacial score (nSPS) is 18.7. The standard InChI is InChI=1S/C12H16BrNO2/c1-16-10-7-8(6-9(13)11(10)15)12(14)4-2-3-5-12/h6-7,15H,2-5,14H2,1H3. The molecule has 0 aromatic heterocycles. The Bertz CT molecular complexity index is 400. The van der Waals surface area contributed by atoms with Crippen LogP contribution in [-0.2, 0) is 5.54 Å². The maximum absolute atomic E-state index is 9.74. The zero-order valence-electron chi connectivity index (χ0n) is 9.29. The molecule has 0 unspecified atom stereocenters. The number of phenolic OH excluding ortho intramolecular Hbond substituents is 1. The van der Waals surface area contributed by atoms with E-state index in [9.17, 15) is 5.11 Å². The van der Waals surface area contributed by atoms with Gasteiger partial charge in [0.2, 0.25) is 0 Å². The molecule has 0 bridgehead atoms. The number of aromatic hydroxyl groups is 1. The minimum atomic E-state index is -0.260. The number of hydrogen-bond acceptors (Lipinski definition) is 3. The first-order chi connectivity index (χ1) is 7.57. The summed E-state index contributed by atoms with van der Waals surface area (Å²) >= 11 is 3.32. The highest BCUT2D eigenvalue weighted by Gasteiger charge is 2.32. The zero-order valence-corrected chi connectivity index (χ0v) is 10.9. The van der Waals surface area contributed by atoms with E-state index in [-0.39, 0.29) is 11.3 Å². The van der Waals surface area contributed by atoms with Crippen molar-refractivity contribution in [3.63, 3.8) is 0 Å². The summed E-state index contributed by atoms with van der Waals surface area (Å²) in [6.45, 7) is 0. The van der Waals surface area contributed by atoms with Gasteiger partial charge in [0, 0.05) is 5.54 Å². The predicted molar refractivity (Wildman–Crippen MR) is 66.7 cm³/mol. The van der Waals surface area contributed by atoms with Gasteiger partial charge in [-0.3, -0.25) is 0 Å². The second kappa shape index (κ2) is 4.26. The Labute approximate surface area is 104 Å². The first-order valence-corrected chi connectivity index (χ1v) is 6.22. The molecule has 0 aliphatic heterocycles. The van der Waals surface area contributed by atoms with Crippen molar-refractivity contribution in [3.8, 4) is 11.5 Å². The van der Waals surface area contributed by atoms with E-state index in [0.29, 0.717) is 10.2 Å². The SMILES string of the molecule is COc1cc(C2(N)CCCC2)cc(Br)c1O. The number of rotatable bonds is 2. The van der Waals surface area contributed by atoms with Gasteiger partial charge >= 0.3 is 0 Å². The minimum Gasteiger partial charge on any atom is -0.503 e. The quantitative estimate of drug-likeness (QED) is 0.879. The van der Waals surface area contributed by atoms with Crippen LogP contribution in [0, 0.1) is 0 Å². The van der Waals surface area contributed by atoms with Crippen molar-refractivity contribution in [1.29, 1.82) is 0 Å². The fourth-order valence-corrected chi connectivity index (χ4v) is 2.75. The number of phenols is 1. The summed E-state index contributed by atoms with van der Waals surface area (Å²) in [5.74, 6) is 0.606. The van der Waals surface area contributed by atoms with Gasteiger partial charge in [-0.2, -0.15) is 0 Å². The molecule has 3 nitrogen and oxygen atoms in total. The van der Waals surface area contributed by atoms with Crippen LogP contribution in [-0.4, -0.2) is 12.2 Å². The molecule has 1 aromatic rings. The second-order valence-electron chi connectivity index (χ2n) is 4.37. The molecule has 0 radical (unpaired) electrons. The van der Waals surface area contributed by atoms with Crippen molar-refractivity contribution in [2.75, 3.05) is 7.11 Å². The molecule has 0 atom stereocenters. The Morgan fingerprint density at radius 2 is 2.00 bits per heavy atom. The molecule has 3 N–H and O–H groups in total. The summed E-state index contributed by atoms with van der Waals surface area (Å²) in [6.07, 6.45) is 4.31. The third kappa shape index (κ3) is 1.92. The Morgan fingerprint density at radius 1 is 1.38 bits per heavy atom. The molecule has 88 valence electrons. The van der Waals surface area contributed by atoms with Crippen molar-refractivity contribution in [2.24, 2.45) is 5.73 Å². The van der Waals surface area contributed by atoms with Crippen LogP contribution in [0.3, 0.4) is 0 Å². The van der Waals surface area contributed by atoms with Crippen LogP contribution in [0.25, 0.3) is 0 Å². The van der Waals surface area contributed by atoms with Crippen LogP contribution in [0.2, 0.25) is 0 Å². The van der Waals surface area contributed by atoms with Gasteiger partial charge in [0.05, 0.1) is 11.6 Å². The number of halogens is 1. The lowest BCUT2D eigenvalue weighted by Crippen LogP contribution is -2.33. The summed E-state index contributed by atoms with van der Waals surface area (Å²) < 4.78 is 5.77. The van der Waals surface area contributed by atoms with Gasteiger partial charge in [0.25, 0.3) is 0 Å². The molecule has 1 saturated carbocycles. The summed E-state index contributed by atoms with van der Waals surface area (Å²) in [7, 11) is 1.54. The lowest BCUT2D eigenvalue weighted by atomic mass is 9.89. The number of hydrogen-bond donors (Lipinski definition) is 2. The molecule has 1 aliphatic rings. The molecular weight excluding hydrogens is 270 g/mol. The third-order valence-corrected chi connectivity index (χ3v) is 3.92. The molecule has 1 aliphatic carbocycles. The van der Waals surface area contributed by atoms with Gasteiger partial charge in [-0.25, -0.2) is 0 Å². The molecule has 1 aromatic carbocycles. The van der Waals surface area contributed by atoms with Crippen molar-refractivity contribution in [2.45, 2.75) is 31.2 Å². The molecule has 1 fully saturated rings. The van der Waals surface area contributed by atoms with Crippen LogP contribution in [0.15, 0.2) is 16.6 Å². The number of methoxy groups -OCH3 is 1. The average Bonchev–Trinajstić information content (AvgIpc) is 2.70. The molecule has 0 saturated heterocycles. The van der Waals surface area contributed by atoms with E-state index in [4.69, 9.17) is 10.5 Å². The second-order valence-corrected chi connectivity index (χ2v) is 5.23. The van der Waals surface area contributed by atoms with Crippen molar-refractivity contribution in [3.05, 3.63) is 22.2 Å². The van der Waals surface area contributed by atoms with E-state index >= 15 is 0 Å². The lowest BCUT2D eigenvalue weighted by molar-refractivity contribution is 0.368. The summed E-state index contributed by atoms with van der Waals surface area (Å²) in [6, 6.07) is 3.73. The lowest BCUT2D eigenvalue weighted by Gasteiger charge is -2.25. The topological polar surface area (TPSA) is 55.5 Å². The van der Waals surface area contributed by atoms with E-state index in [2.05, 4.69) is 15.9 Å². The summed E-state index contributed by atoms with van der Waals surface area (Å²) in [5, 5.41) is 9.74. The fraction of sp³-hybridized carbons (Fsp3) is 0.500. The van der Waals surface area contributed by atoms with Crippen molar-refractivity contribution < 1.29 is 9.84 Å². The largest absolute Gasteiger partial charge is 0.503 e. The Kier molecular flexibility index (Phi) is 3.13. The monoisotopic (exact) mass is 285 g/mol. The van der Waals surface area contributed by atoms with Gasteiger partial charge in [0.1, 0.15) is 0 Å². The first-order valence-electron chi connectivity index (χ1n) is 5.43. The van der Waals surface area contributed by atoms with Crippen LogP contribution in [0.1, 0.15) is 31.2 Å². The van der Waals surface area contributed by atoms with Gasteiger partial charge in [0.15, 0.2) is 11.5 Å². The van der Waals surface area contributed by atoms with Gasteiger partial charge in [-0.1, -0.05) is 12.8 Å². The van der Waals surface area contributed by atoms with Gasteiger partial charge in [-0.15, -0.1) is 0 Å². The van der Waals surface area contributed by atoms with Crippen LogP contribution in [0.4, 0.5) is 0 Å². The third-order valence-electron chi connectivity index (χ3n) is 3.32. The molecule has 0 heterocycles. The highest BCUT2D eigenvalue weighted by Crippen LogP contribution is 2.42. The van der Waals surface area contributed by atoms with E-state index in [0.717, 1.165) is 31.2 Å². The summed E-state index contributed by atoms with van der Waals surface area (Å²) in [5.41, 5.74) is 7.14. The zero-order chi connectivity index (χ0) is 11.8. The minimum absolute atomic E-state index is 0.132. The van der Waals surface area contributed by atoms with Crippen LogP contribution < -0.4 is 10.5 Å². The molecule has 4 heteroatoms. The predicted octanol–water partition coefficient (Wildman–Crippen LogP) is 2.89.